The van der Waals surface area contributed by atoms with Crippen LogP contribution in [-0.4, -0.2) is 21.0 Å². The Hall–Kier alpha value is -3.30. The van der Waals surface area contributed by atoms with Crippen LogP contribution in [0.3, 0.4) is 0 Å². The van der Waals surface area contributed by atoms with Crippen LogP contribution in [0.25, 0.3) is 22.7 Å². The number of halogens is 6. The monoisotopic (exact) mass is 400 g/mol. The van der Waals surface area contributed by atoms with Crippen molar-refractivity contribution in [2.75, 3.05) is 0 Å². The van der Waals surface area contributed by atoms with Crippen LogP contribution in [0.2, 0.25) is 0 Å². The number of rotatable bonds is 3. The molecule has 0 aliphatic heterocycles. The summed E-state index contributed by atoms with van der Waals surface area (Å²) in [5.74, 6) is -1.68. The van der Waals surface area contributed by atoms with Crippen LogP contribution in [0.4, 0.5) is 26.3 Å². The van der Waals surface area contributed by atoms with Gasteiger partial charge in [-0.05, 0) is 42.0 Å². The number of aromatic amines is 1. The van der Waals surface area contributed by atoms with Gasteiger partial charge in [0.25, 0.3) is 0 Å². The van der Waals surface area contributed by atoms with Crippen molar-refractivity contribution in [2.45, 2.75) is 12.4 Å². The predicted molar refractivity (Wildman–Crippen MR) is 88.0 cm³/mol. The highest BCUT2D eigenvalue weighted by Gasteiger charge is 2.37. The zero-order chi connectivity index (χ0) is 20.7. The van der Waals surface area contributed by atoms with Crippen LogP contribution in [0.1, 0.15) is 22.3 Å². The van der Waals surface area contributed by atoms with Crippen molar-refractivity contribution in [3.8, 4) is 0 Å². The minimum Gasteiger partial charge on any atom is -0.478 e. The third kappa shape index (κ3) is 3.85. The van der Waals surface area contributed by atoms with Crippen LogP contribution >= 0.6 is 0 Å². The van der Waals surface area contributed by atoms with Gasteiger partial charge in [-0.15, -0.1) is 0 Å². The summed E-state index contributed by atoms with van der Waals surface area (Å²) in [6, 6.07) is 3.83. The van der Waals surface area contributed by atoms with Crippen LogP contribution < -0.4 is 0 Å². The number of nitrogens with one attached hydrogen (secondary N) is 1. The Balaban J connectivity index is 2.24. The van der Waals surface area contributed by atoms with E-state index in [4.69, 9.17) is 0 Å². The lowest BCUT2D eigenvalue weighted by molar-refractivity contribution is -0.143. The number of hydrogen-bond donors (Lipinski definition) is 2. The van der Waals surface area contributed by atoms with Gasteiger partial charge in [0, 0.05) is 23.3 Å². The highest BCUT2D eigenvalue weighted by molar-refractivity contribution is 6.21. The summed E-state index contributed by atoms with van der Waals surface area (Å²) in [7, 11) is 0. The number of nitrogens with zero attached hydrogens (tertiary/aromatic N) is 1. The van der Waals surface area contributed by atoms with E-state index in [0.717, 1.165) is 6.08 Å². The molecule has 28 heavy (non-hydrogen) atoms. The summed E-state index contributed by atoms with van der Waals surface area (Å²) in [4.78, 5) is 18.4. The third-order valence-corrected chi connectivity index (χ3v) is 3.91. The number of alkyl halides is 6. The number of aromatic nitrogens is 2. The van der Waals surface area contributed by atoms with Crippen molar-refractivity contribution < 1.29 is 36.2 Å². The quantitative estimate of drug-likeness (QED) is 0.468. The molecule has 10 heteroatoms. The summed E-state index contributed by atoms with van der Waals surface area (Å²) < 4.78 is 78.2. The molecular formula is C18H10F6N2O2. The Morgan fingerprint density at radius 2 is 1.64 bits per heavy atom. The minimum atomic E-state index is -5.08. The first-order valence-corrected chi connectivity index (χ1v) is 7.64. The first-order valence-electron chi connectivity index (χ1n) is 7.64. The lowest BCUT2D eigenvalue weighted by Crippen LogP contribution is -2.12. The summed E-state index contributed by atoms with van der Waals surface area (Å²) in [6.07, 6.45) is -6.33. The van der Waals surface area contributed by atoms with Gasteiger partial charge in [0.15, 0.2) is 0 Å². The van der Waals surface area contributed by atoms with E-state index in [-0.39, 0.29) is 11.6 Å². The number of aliphatic carboxylic acids is 1. The fourth-order valence-electron chi connectivity index (χ4n) is 2.63. The summed E-state index contributed by atoms with van der Waals surface area (Å²) >= 11 is 0. The van der Waals surface area contributed by atoms with Crippen molar-refractivity contribution in [3.63, 3.8) is 0 Å². The standard InChI is InChI=1S/C18H10F6N2O2/c19-17(20,21)11-4-9(5-12(7-11)18(22,23)24)14(16(27)28)6-10-8-26-15-13(10)2-1-3-25-15/h1-8H,(H,25,26)(H,27,28). The van der Waals surface area contributed by atoms with Crippen molar-refractivity contribution >= 4 is 28.7 Å². The molecule has 4 nitrogen and oxygen atoms in total. The van der Waals surface area contributed by atoms with E-state index in [1.54, 1.807) is 12.1 Å². The highest BCUT2D eigenvalue weighted by Crippen LogP contribution is 2.38. The number of carboxylic acid groups (broad SMARTS) is 1. The zero-order valence-corrected chi connectivity index (χ0v) is 13.7. The number of hydrogen-bond acceptors (Lipinski definition) is 2. The van der Waals surface area contributed by atoms with Crippen LogP contribution in [0.15, 0.2) is 42.7 Å². The summed E-state index contributed by atoms with van der Waals surface area (Å²) in [6.45, 7) is 0. The SMILES string of the molecule is O=C(O)C(=Cc1c[nH]c2ncccc12)c1cc(C(F)(F)F)cc(C(F)(F)F)c1. The summed E-state index contributed by atoms with van der Waals surface area (Å²) in [5.41, 5.74) is -3.98. The molecular weight excluding hydrogens is 390 g/mol. The van der Waals surface area contributed by atoms with Gasteiger partial charge in [-0.3, -0.25) is 0 Å². The molecule has 0 saturated carbocycles. The van der Waals surface area contributed by atoms with Gasteiger partial charge in [0.2, 0.25) is 0 Å². The molecule has 0 atom stereocenters. The van der Waals surface area contributed by atoms with Gasteiger partial charge < -0.3 is 10.1 Å². The van der Waals surface area contributed by atoms with Gasteiger partial charge in [-0.2, -0.15) is 26.3 Å². The number of pyridine rings is 1. The van der Waals surface area contributed by atoms with E-state index in [1.165, 1.54) is 12.4 Å². The maximum Gasteiger partial charge on any atom is 0.416 e. The van der Waals surface area contributed by atoms with E-state index in [9.17, 15) is 36.2 Å². The average molecular weight is 400 g/mol. The topological polar surface area (TPSA) is 66.0 Å². The molecule has 0 saturated heterocycles. The summed E-state index contributed by atoms with van der Waals surface area (Å²) in [5, 5.41) is 9.89. The maximum absolute atomic E-state index is 13.0. The number of fused-ring (bicyclic) bond motifs is 1. The lowest BCUT2D eigenvalue weighted by atomic mass is 9.97. The van der Waals surface area contributed by atoms with Gasteiger partial charge in [0.1, 0.15) is 5.65 Å². The predicted octanol–water partition coefficient (Wildman–Crippen LogP) is 5.23. The van der Waals surface area contributed by atoms with Crippen LogP contribution in [0, 0.1) is 0 Å². The molecule has 0 radical (unpaired) electrons. The molecule has 0 spiro atoms. The third-order valence-electron chi connectivity index (χ3n) is 3.91. The molecule has 0 aliphatic rings. The minimum absolute atomic E-state index is 0.0570. The first kappa shape index (κ1) is 19.5. The van der Waals surface area contributed by atoms with Crippen LogP contribution in [-0.2, 0) is 17.1 Å². The Bertz CT molecular complexity index is 1050. The molecule has 3 rings (SSSR count). The average Bonchev–Trinajstić information content (AvgIpc) is 3.00. The second-order valence-electron chi connectivity index (χ2n) is 5.80. The molecule has 0 bridgehead atoms. The largest absolute Gasteiger partial charge is 0.478 e. The van der Waals surface area contributed by atoms with E-state index in [0.29, 0.717) is 23.2 Å². The Morgan fingerprint density at radius 1 is 1.04 bits per heavy atom. The second-order valence-corrected chi connectivity index (χ2v) is 5.80. The first-order chi connectivity index (χ1) is 13.0. The Morgan fingerprint density at radius 3 is 2.18 bits per heavy atom. The van der Waals surface area contributed by atoms with Crippen molar-refractivity contribution in [3.05, 3.63) is 65.0 Å². The van der Waals surface area contributed by atoms with E-state index in [2.05, 4.69) is 9.97 Å². The fourth-order valence-corrected chi connectivity index (χ4v) is 2.63. The molecule has 0 aliphatic carbocycles. The van der Waals surface area contributed by atoms with E-state index in [1.807, 2.05) is 0 Å². The van der Waals surface area contributed by atoms with Crippen molar-refractivity contribution in [1.82, 2.24) is 9.97 Å². The van der Waals surface area contributed by atoms with Crippen molar-refractivity contribution in [2.24, 2.45) is 0 Å². The molecule has 2 N–H and O–H groups in total. The number of H-pyrrole nitrogens is 1. The van der Waals surface area contributed by atoms with Gasteiger partial charge in [-0.1, -0.05) is 0 Å². The molecule has 0 fully saturated rings. The van der Waals surface area contributed by atoms with Crippen LogP contribution in [0.5, 0.6) is 0 Å². The molecule has 146 valence electrons. The number of benzene rings is 1. The lowest BCUT2D eigenvalue weighted by Gasteiger charge is -2.14. The highest BCUT2D eigenvalue weighted by atomic mass is 19.4. The van der Waals surface area contributed by atoms with Gasteiger partial charge in [-0.25, -0.2) is 9.78 Å². The number of carboxylic acids is 1. The smallest absolute Gasteiger partial charge is 0.416 e. The maximum atomic E-state index is 13.0. The van der Waals surface area contributed by atoms with Gasteiger partial charge in [0.05, 0.1) is 16.7 Å². The van der Waals surface area contributed by atoms with E-state index < -0.39 is 40.6 Å². The molecule has 0 unspecified atom stereocenters. The normalized spacial score (nSPS) is 13.1. The van der Waals surface area contributed by atoms with E-state index >= 15 is 0 Å². The molecule has 1 aromatic carbocycles. The Kier molecular flexibility index (Phi) is 4.66. The molecule has 2 heterocycles. The van der Waals surface area contributed by atoms with Gasteiger partial charge >= 0.3 is 18.3 Å². The van der Waals surface area contributed by atoms with Crippen molar-refractivity contribution in [1.29, 1.82) is 0 Å². The molecule has 0 amide bonds. The Labute approximate surface area is 153 Å². The number of carbonyl (C=O) groups is 1. The second kappa shape index (κ2) is 6.70. The molecule has 3 aromatic rings. The molecule has 2 aromatic heterocycles. The zero-order valence-electron chi connectivity index (χ0n) is 13.7. The fraction of sp³-hybridized carbons (Fsp3) is 0.111.